The van der Waals surface area contributed by atoms with Gasteiger partial charge in [-0.1, -0.05) is 24.6 Å². The van der Waals surface area contributed by atoms with Gasteiger partial charge in [0.05, 0.1) is 33.9 Å². The van der Waals surface area contributed by atoms with Crippen LogP contribution in [0, 0.1) is 0 Å². The Morgan fingerprint density at radius 1 is 1.14 bits per heavy atom. The maximum atomic E-state index is 13.0. The van der Waals surface area contributed by atoms with Gasteiger partial charge in [0.2, 0.25) is 0 Å². The van der Waals surface area contributed by atoms with Gasteiger partial charge < -0.3 is 5.32 Å². The number of nitrogens with one attached hydrogen (secondary N) is 1. The first-order chi connectivity index (χ1) is 13.6. The van der Waals surface area contributed by atoms with Crippen LogP contribution in [0.3, 0.4) is 0 Å². The van der Waals surface area contributed by atoms with Crippen LogP contribution in [-0.4, -0.2) is 15.9 Å². The van der Waals surface area contributed by atoms with E-state index in [1.807, 2.05) is 30.3 Å². The highest BCUT2D eigenvalue weighted by Crippen LogP contribution is 2.31. The number of benzene rings is 1. The van der Waals surface area contributed by atoms with Gasteiger partial charge in [-0.2, -0.15) is 0 Å². The Hall–Kier alpha value is -2.76. The number of aromatic nitrogens is 2. The summed E-state index contributed by atoms with van der Waals surface area (Å²) in [6.07, 6.45) is 2.69. The topological polar surface area (TPSA) is 54.9 Å². The molecule has 4 nitrogen and oxygen atoms in total. The van der Waals surface area contributed by atoms with Gasteiger partial charge in [0.15, 0.2) is 0 Å². The molecule has 0 saturated carbocycles. The van der Waals surface area contributed by atoms with Crippen LogP contribution in [0.25, 0.3) is 21.5 Å². The van der Waals surface area contributed by atoms with Crippen molar-refractivity contribution >= 4 is 39.7 Å². The molecule has 0 aliphatic rings. The molecular weight excluding hydrogens is 390 g/mol. The van der Waals surface area contributed by atoms with E-state index in [2.05, 4.69) is 29.4 Å². The van der Waals surface area contributed by atoms with Crippen molar-refractivity contribution in [2.24, 2.45) is 0 Å². The summed E-state index contributed by atoms with van der Waals surface area (Å²) in [4.78, 5) is 24.3. The quantitative estimate of drug-likeness (QED) is 0.475. The van der Waals surface area contributed by atoms with Crippen LogP contribution in [0.4, 0.5) is 0 Å². The Bertz CT molecular complexity index is 1140. The van der Waals surface area contributed by atoms with Crippen molar-refractivity contribution in [1.29, 1.82) is 0 Å². The molecule has 4 aromatic rings. The molecule has 3 aromatic heterocycles. The van der Waals surface area contributed by atoms with E-state index in [-0.39, 0.29) is 5.91 Å². The van der Waals surface area contributed by atoms with Gasteiger partial charge in [-0.3, -0.25) is 9.78 Å². The van der Waals surface area contributed by atoms with Crippen molar-refractivity contribution in [2.75, 3.05) is 0 Å². The Kier molecular flexibility index (Phi) is 5.37. The number of carbonyl (C=O) groups is 1. The summed E-state index contributed by atoms with van der Waals surface area (Å²) < 4.78 is 0. The molecule has 28 heavy (non-hydrogen) atoms. The summed E-state index contributed by atoms with van der Waals surface area (Å²) in [7, 11) is 0. The fourth-order valence-electron chi connectivity index (χ4n) is 2.99. The van der Waals surface area contributed by atoms with Gasteiger partial charge in [-0.25, -0.2) is 4.98 Å². The van der Waals surface area contributed by atoms with E-state index in [9.17, 15) is 4.79 Å². The summed E-state index contributed by atoms with van der Waals surface area (Å²) in [5, 5.41) is 4.27. The fourth-order valence-corrected chi connectivity index (χ4v) is 4.07. The number of fused-ring (bicyclic) bond motifs is 1. The smallest absolute Gasteiger partial charge is 0.252 e. The van der Waals surface area contributed by atoms with Crippen LogP contribution in [0.5, 0.6) is 0 Å². The number of amides is 1. The number of hydrogen-bond donors (Lipinski definition) is 1. The highest BCUT2D eigenvalue weighted by atomic mass is 35.5. The molecule has 0 aliphatic carbocycles. The third kappa shape index (κ3) is 3.91. The monoisotopic (exact) mass is 407 g/mol. The summed E-state index contributed by atoms with van der Waals surface area (Å²) >= 11 is 7.88. The molecule has 1 aromatic carbocycles. The second-order valence-electron chi connectivity index (χ2n) is 6.34. The molecule has 4 rings (SSSR count). The molecule has 0 bridgehead atoms. The van der Waals surface area contributed by atoms with Crippen molar-refractivity contribution in [3.05, 3.63) is 82.0 Å². The predicted molar refractivity (Wildman–Crippen MR) is 115 cm³/mol. The standard InChI is InChI=1S/C22H18ClN3OS/c1-2-16-7-9-21(28-16)20-12-18(17-11-14(23)6-8-19(17)26-20)22(27)25-13-15-5-3-4-10-24-15/h3-12H,2,13H2,1H3,(H,25,27). The van der Waals surface area contributed by atoms with Gasteiger partial charge in [0.25, 0.3) is 5.91 Å². The minimum atomic E-state index is -0.172. The van der Waals surface area contributed by atoms with Gasteiger partial charge in [-0.05, 0) is 55.0 Å². The Balaban J connectivity index is 1.74. The molecule has 0 aliphatic heterocycles. The molecule has 0 saturated heterocycles. The SMILES string of the molecule is CCc1ccc(-c2cc(C(=O)NCc3ccccn3)c3cc(Cl)ccc3n2)s1. The average molecular weight is 408 g/mol. The Morgan fingerprint density at radius 2 is 2.04 bits per heavy atom. The number of rotatable bonds is 5. The molecule has 0 radical (unpaired) electrons. The molecule has 3 heterocycles. The molecule has 6 heteroatoms. The van der Waals surface area contributed by atoms with E-state index in [1.54, 1.807) is 29.7 Å². The summed E-state index contributed by atoms with van der Waals surface area (Å²) in [5.41, 5.74) is 2.90. The third-order valence-electron chi connectivity index (χ3n) is 4.43. The molecule has 0 spiro atoms. The first kappa shape index (κ1) is 18.6. The maximum absolute atomic E-state index is 13.0. The van der Waals surface area contributed by atoms with Crippen molar-refractivity contribution in [1.82, 2.24) is 15.3 Å². The lowest BCUT2D eigenvalue weighted by Gasteiger charge is -2.10. The third-order valence-corrected chi connectivity index (χ3v) is 5.92. The second-order valence-corrected chi connectivity index (χ2v) is 7.94. The number of nitrogens with zero attached hydrogens (tertiary/aromatic N) is 2. The molecule has 0 fully saturated rings. The first-order valence-corrected chi connectivity index (χ1v) is 10.2. The maximum Gasteiger partial charge on any atom is 0.252 e. The zero-order chi connectivity index (χ0) is 19.5. The lowest BCUT2D eigenvalue weighted by molar-refractivity contribution is 0.0952. The van der Waals surface area contributed by atoms with Crippen LogP contribution < -0.4 is 5.32 Å². The van der Waals surface area contributed by atoms with Gasteiger partial charge in [-0.15, -0.1) is 11.3 Å². The van der Waals surface area contributed by atoms with Crippen LogP contribution in [0.2, 0.25) is 5.02 Å². The van der Waals surface area contributed by atoms with Gasteiger partial charge in [0.1, 0.15) is 0 Å². The zero-order valence-corrected chi connectivity index (χ0v) is 16.8. The normalized spacial score (nSPS) is 10.9. The predicted octanol–water partition coefficient (Wildman–Crippen LogP) is 5.50. The van der Waals surface area contributed by atoms with Crippen LogP contribution >= 0.6 is 22.9 Å². The van der Waals surface area contributed by atoms with E-state index < -0.39 is 0 Å². The van der Waals surface area contributed by atoms with Gasteiger partial charge in [0, 0.05) is 21.5 Å². The highest BCUT2D eigenvalue weighted by Gasteiger charge is 2.15. The number of aryl methyl sites for hydroxylation is 1. The molecule has 0 atom stereocenters. The zero-order valence-electron chi connectivity index (χ0n) is 15.3. The van der Waals surface area contributed by atoms with Crippen molar-refractivity contribution < 1.29 is 4.79 Å². The summed E-state index contributed by atoms with van der Waals surface area (Å²) in [6, 6.07) is 17.1. The number of halogens is 1. The van der Waals surface area contributed by atoms with Crippen LogP contribution in [0.15, 0.2) is 60.8 Å². The van der Waals surface area contributed by atoms with Gasteiger partial charge >= 0.3 is 0 Å². The Morgan fingerprint density at radius 3 is 2.79 bits per heavy atom. The number of hydrogen-bond acceptors (Lipinski definition) is 4. The van der Waals surface area contributed by atoms with E-state index in [4.69, 9.17) is 16.6 Å². The molecule has 1 N–H and O–H groups in total. The molecular formula is C22H18ClN3OS. The average Bonchev–Trinajstić information content (AvgIpc) is 3.21. The van der Waals surface area contributed by atoms with Crippen molar-refractivity contribution in [3.63, 3.8) is 0 Å². The molecule has 1 amide bonds. The van der Waals surface area contributed by atoms with E-state index in [0.717, 1.165) is 33.6 Å². The van der Waals surface area contributed by atoms with E-state index in [1.165, 1.54) is 4.88 Å². The summed E-state index contributed by atoms with van der Waals surface area (Å²) in [6.45, 7) is 2.49. The van der Waals surface area contributed by atoms with E-state index >= 15 is 0 Å². The summed E-state index contributed by atoms with van der Waals surface area (Å²) in [5.74, 6) is -0.172. The number of thiophene rings is 1. The van der Waals surface area contributed by atoms with Crippen LogP contribution in [-0.2, 0) is 13.0 Å². The van der Waals surface area contributed by atoms with Crippen molar-refractivity contribution in [3.8, 4) is 10.6 Å². The first-order valence-electron chi connectivity index (χ1n) is 9.01. The highest BCUT2D eigenvalue weighted by molar-refractivity contribution is 7.15. The number of pyridine rings is 2. The van der Waals surface area contributed by atoms with Crippen molar-refractivity contribution in [2.45, 2.75) is 19.9 Å². The van der Waals surface area contributed by atoms with E-state index in [0.29, 0.717) is 17.1 Å². The lowest BCUT2D eigenvalue weighted by Crippen LogP contribution is -2.23. The number of carbonyl (C=O) groups excluding carboxylic acids is 1. The largest absolute Gasteiger partial charge is 0.346 e. The molecule has 0 unspecified atom stereocenters. The minimum absolute atomic E-state index is 0.172. The minimum Gasteiger partial charge on any atom is -0.346 e. The van der Waals surface area contributed by atoms with Crippen LogP contribution in [0.1, 0.15) is 27.9 Å². The lowest BCUT2D eigenvalue weighted by atomic mass is 10.1. The molecule has 140 valence electrons. The second kappa shape index (κ2) is 8.09. The fraction of sp³-hybridized carbons (Fsp3) is 0.136. The Labute approximate surface area is 172 Å².